The molecule has 0 radical (unpaired) electrons. The second kappa shape index (κ2) is 11.6. The summed E-state index contributed by atoms with van der Waals surface area (Å²) in [6, 6.07) is 32.2. The van der Waals surface area contributed by atoms with Crippen molar-refractivity contribution in [3.8, 4) is 0 Å². The summed E-state index contributed by atoms with van der Waals surface area (Å²) >= 11 is 0. The van der Waals surface area contributed by atoms with Gasteiger partial charge in [-0.15, -0.1) is 0 Å². The normalized spacial score (nSPS) is 11.0. The number of benzene rings is 3. The van der Waals surface area contributed by atoms with E-state index in [0.29, 0.717) is 12.8 Å². The van der Waals surface area contributed by atoms with Gasteiger partial charge in [-0.05, 0) is 47.3 Å². The van der Waals surface area contributed by atoms with Crippen LogP contribution in [0, 0.1) is 0 Å². The zero-order valence-corrected chi connectivity index (χ0v) is 17.3. The Hall–Kier alpha value is -2.15. The Labute approximate surface area is 169 Å². The fourth-order valence-corrected chi connectivity index (χ4v) is 5.24. The maximum absolute atomic E-state index is 11.0. The SMILES string of the molecule is CCCCS(=O)(=O)OF.c1ccc([S+](c2ccccc2)c2ccccc2)cc1. The molecule has 0 amide bonds. The number of rotatable bonds is 7. The van der Waals surface area contributed by atoms with Crippen LogP contribution in [-0.4, -0.2) is 14.2 Å². The molecule has 0 unspecified atom stereocenters. The number of hydrogen-bond acceptors (Lipinski definition) is 3. The summed E-state index contributed by atoms with van der Waals surface area (Å²) in [6.45, 7) is 1.81. The van der Waals surface area contributed by atoms with Crippen LogP contribution in [0.25, 0.3) is 0 Å². The maximum atomic E-state index is 11.0. The van der Waals surface area contributed by atoms with Gasteiger partial charge in [0, 0.05) is 0 Å². The summed E-state index contributed by atoms with van der Waals surface area (Å²) in [6.07, 6.45) is 1.15. The molecule has 0 aromatic heterocycles. The molecule has 3 nitrogen and oxygen atoms in total. The highest BCUT2D eigenvalue weighted by Gasteiger charge is 2.27. The molecule has 148 valence electrons. The first-order valence-electron chi connectivity index (χ1n) is 8.99. The second-order valence-electron chi connectivity index (χ2n) is 5.92. The molecule has 0 saturated carbocycles. The third kappa shape index (κ3) is 7.11. The van der Waals surface area contributed by atoms with Crippen molar-refractivity contribution in [1.82, 2.24) is 0 Å². The van der Waals surface area contributed by atoms with E-state index < -0.39 is 10.1 Å². The van der Waals surface area contributed by atoms with Crippen LogP contribution < -0.4 is 0 Å². The van der Waals surface area contributed by atoms with E-state index in [-0.39, 0.29) is 16.6 Å². The second-order valence-corrected chi connectivity index (χ2v) is 9.60. The Morgan fingerprint density at radius 3 is 1.39 bits per heavy atom. The van der Waals surface area contributed by atoms with Gasteiger partial charge >= 0.3 is 0 Å². The Morgan fingerprint density at radius 2 is 1.11 bits per heavy atom. The van der Waals surface area contributed by atoms with E-state index >= 15 is 0 Å². The van der Waals surface area contributed by atoms with Gasteiger partial charge in [0.1, 0.15) is 0 Å². The van der Waals surface area contributed by atoms with Gasteiger partial charge in [-0.25, -0.2) is 0 Å². The van der Waals surface area contributed by atoms with Crippen molar-refractivity contribution < 1.29 is 17.3 Å². The van der Waals surface area contributed by atoms with Crippen molar-refractivity contribution >= 4 is 21.0 Å². The lowest BCUT2D eigenvalue weighted by atomic mass is 10.4. The molecule has 0 saturated heterocycles. The predicted molar refractivity (Wildman–Crippen MR) is 112 cm³/mol. The largest absolute Gasteiger partial charge is 0.297 e. The molecule has 0 N–H and O–H groups in total. The predicted octanol–water partition coefficient (Wildman–Crippen LogP) is 5.80. The Morgan fingerprint density at radius 1 is 0.750 bits per heavy atom. The smallest absolute Gasteiger partial charge is 0.197 e. The van der Waals surface area contributed by atoms with Crippen LogP contribution in [0.1, 0.15) is 19.8 Å². The minimum atomic E-state index is -3.85. The van der Waals surface area contributed by atoms with E-state index in [1.165, 1.54) is 14.7 Å². The summed E-state index contributed by atoms with van der Waals surface area (Å²) in [5.41, 5.74) is 0. The van der Waals surface area contributed by atoms with Gasteiger partial charge in [0.25, 0.3) is 10.1 Å². The van der Waals surface area contributed by atoms with Gasteiger partial charge in [0.2, 0.25) is 0 Å². The molecule has 0 fully saturated rings. The minimum absolute atomic E-state index is 0.0146. The quantitative estimate of drug-likeness (QED) is 0.455. The van der Waals surface area contributed by atoms with Crippen LogP contribution >= 0.6 is 0 Å². The van der Waals surface area contributed by atoms with Crippen LogP contribution in [-0.2, 0) is 25.4 Å². The third-order valence-corrected chi connectivity index (χ3v) is 6.99. The van der Waals surface area contributed by atoms with Crippen molar-refractivity contribution in [1.29, 1.82) is 0 Å². The molecule has 0 aliphatic heterocycles. The van der Waals surface area contributed by atoms with E-state index in [1.54, 1.807) is 0 Å². The van der Waals surface area contributed by atoms with Crippen molar-refractivity contribution in [2.45, 2.75) is 34.5 Å². The fourth-order valence-electron chi connectivity index (χ4n) is 2.43. The highest BCUT2D eigenvalue weighted by molar-refractivity contribution is 7.97. The van der Waals surface area contributed by atoms with E-state index in [9.17, 15) is 12.9 Å². The molecule has 3 aromatic rings. The van der Waals surface area contributed by atoms with Crippen LogP contribution in [0.3, 0.4) is 0 Å². The monoisotopic (exact) mass is 419 g/mol. The highest BCUT2D eigenvalue weighted by Crippen LogP contribution is 2.30. The standard InChI is InChI=1S/C18H15S.C4H9FO3S/c1-4-10-16(11-5-1)19(17-12-6-2-7-13-17)18-14-8-3-9-15-18;1-2-3-4-9(6,7)8-5/h1-15H;2-4H2,1H3/q+1;. The first-order chi connectivity index (χ1) is 13.6. The molecular formula is C22H24FO3S2+. The van der Waals surface area contributed by atoms with Gasteiger partial charge in [0.05, 0.1) is 16.6 Å². The lowest BCUT2D eigenvalue weighted by Gasteiger charge is -2.07. The highest BCUT2D eigenvalue weighted by atomic mass is 32.2. The Bertz CT molecular complexity index is 808. The van der Waals surface area contributed by atoms with Crippen molar-refractivity contribution in [3.63, 3.8) is 0 Å². The first kappa shape index (κ1) is 22.1. The van der Waals surface area contributed by atoms with Crippen molar-refractivity contribution in [2.75, 3.05) is 5.75 Å². The zero-order valence-electron chi connectivity index (χ0n) is 15.7. The van der Waals surface area contributed by atoms with Crippen LogP contribution in [0.2, 0.25) is 0 Å². The third-order valence-electron chi connectivity index (χ3n) is 3.78. The average molecular weight is 420 g/mol. The van der Waals surface area contributed by atoms with Crippen LogP contribution in [0.4, 0.5) is 4.53 Å². The summed E-state index contributed by atoms with van der Waals surface area (Å²) < 4.78 is 34.0. The number of hydrogen-bond donors (Lipinski definition) is 0. The lowest BCUT2D eigenvalue weighted by molar-refractivity contribution is 0.00290. The molecule has 0 heterocycles. The van der Waals surface area contributed by atoms with Crippen LogP contribution in [0.15, 0.2) is 106 Å². The number of unbranched alkanes of at least 4 members (excludes halogenated alkanes) is 1. The summed E-state index contributed by atoms with van der Waals surface area (Å²) in [4.78, 5) is 4.08. The van der Waals surface area contributed by atoms with Crippen molar-refractivity contribution in [2.24, 2.45) is 0 Å². The van der Waals surface area contributed by atoms with Gasteiger partial charge in [0.15, 0.2) is 14.7 Å². The Balaban J connectivity index is 0.000000266. The van der Waals surface area contributed by atoms with Crippen LogP contribution in [0.5, 0.6) is 0 Å². The fraction of sp³-hybridized carbons (Fsp3) is 0.182. The van der Waals surface area contributed by atoms with E-state index in [0.717, 1.165) is 0 Å². The topological polar surface area (TPSA) is 43.4 Å². The van der Waals surface area contributed by atoms with Gasteiger partial charge in [-0.3, -0.25) is 0 Å². The number of halogens is 1. The molecule has 0 aliphatic carbocycles. The summed E-state index contributed by atoms with van der Waals surface area (Å²) in [5, 5.41) is 0. The van der Waals surface area contributed by atoms with Crippen molar-refractivity contribution in [3.05, 3.63) is 91.0 Å². The van der Waals surface area contributed by atoms with E-state index in [4.69, 9.17) is 0 Å². The molecule has 6 heteroatoms. The molecule has 0 atom stereocenters. The first-order valence-corrected chi connectivity index (χ1v) is 11.8. The average Bonchev–Trinajstić information content (AvgIpc) is 2.75. The minimum Gasteiger partial charge on any atom is -0.197 e. The summed E-state index contributed by atoms with van der Waals surface area (Å²) in [5.74, 6) is -0.236. The molecule has 3 aromatic carbocycles. The summed E-state index contributed by atoms with van der Waals surface area (Å²) in [7, 11) is -3.86. The maximum Gasteiger partial charge on any atom is 0.297 e. The Kier molecular flexibility index (Phi) is 9.20. The zero-order chi connectivity index (χ0) is 20.2. The van der Waals surface area contributed by atoms with E-state index in [1.807, 2.05) is 6.92 Å². The lowest BCUT2D eigenvalue weighted by Crippen LogP contribution is -2.04. The molecule has 0 aliphatic rings. The van der Waals surface area contributed by atoms with Gasteiger partial charge in [-0.1, -0.05) is 72.3 Å². The molecular weight excluding hydrogens is 395 g/mol. The van der Waals surface area contributed by atoms with E-state index in [2.05, 4.69) is 95.4 Å². The molecule has 3 rings (SSSR count). The molecule has 0 bridgehead atoms. The van der Waals surface area contributed by atoms with Gasteiger partial charge in [-0.2, -0.15) is 8.42 Å². The molecule has 28 heavy (non-hydrogen) atoms. The molecule has 0 spiro atoms. The van der Waals surface area contributed by atoms with Gasteiger partial charge < -0.3 is 0 Å².